The minimum Gasteiger partial charge on any atom is -0.354 e. The molecule has 1 aliphatic heterocycles. The van der Waals surface area contributed by atoms with Crippen LogP contribution in [0.1, 0.15) is 55.5 Å². The molecular weight excluding hydrogens is 450 g/mol. The number of carbonyl (C=O) groups excluding carboxylic acids is 3. The Labute approximate surface area is 213 Å². The fourth-order valence-corrected chi connectivity index (χ4v) is 5.00. The van der Waals surface area contributed by atoms with Gasteiger partial charge in [-0.15, -0.1) is 0 Å². The molecule has 0 bridgehead atoms. The minimum absolute atomic E-state index is 0.0134. The molecule has 0 spiro atoms. The predicted octanol–water partition coefficient (Wildman–Crippen LogP) is 4.96. The molecule has 3 amide bonds. The van der Waals surface area contributed by atoms with Gasteiger partial charge in [0.2, 0.25) is 11.8 Å². The number of hydrogen-bond acceptors (Lipinski definition) is 3. The van der Waals surface area contributed by atoms with Gasteiger partial charge in [-0.2, -0.15) is 0 Å². The van der Waals surface area contributed by atoms with Crippen LogP contribution in [0.2, 0.25) is 0 Å². The quantitative estimate of drug-likeness (QED) is 0.394. The Morgan fingerprint density at radius 1 is 0.972 bits per heavy atom. The van der Waals surface area contributed by atoms with Gasteiger partial charge in [0.15, 0.2) is 0 Å². The molecule has 0 aromatic heterocycles. The molecule has 6 heteroatoms. The molecule has 0 saturated carbocycles. The van der Waals surface area contributed by atoms with E-state index in [0.717, 1.165) is 34.0 Å². The minimum atomic E-state index is -0.501. The van der Waals surface area contributed by atoms with Crippen LogP contribution in [-0.2, 0) is 16.0 Å². The summed E-state index contributed by atoms with van der Waals surface area (Å²) in [5.41, 5.74) is 2.76. The summed E-state index contributed by atoms with van der Waals surface area (Å²) < 4.78 is 0. The van der Waals surface area contributed by atoms with E-state index >= 15 is 0 Å². The van der Waals surface area contributed by atoms with E-state index in [1.165, 1.54) is 0 Å². The maximum atomic E-state index is 13.4. The number of nitrogens with zero attached hydrogens (tertiary/aromatic N) is 2. The van der Waals surface area contributed by atoms with Crippen molar-refractivity contribution in [1.29, 1.82) is 0 Å². The van der Waals surface area contributed by atoms with Gasteiger partial charge in [0.25, 0.3) is 5.91 Å². The molecule has 3 aromatic carbocycles. The van der Waals surface area contributed by atoms with Crippen LogP contribution in [-0.4, -0.2) is 48.3 Å². The van der Waals surface area contributed by atoms with Crippen molar-refractivity contribution in [3.05, 3.63) is 77.9 Å². The number of benzene rings is 3. The van der Waals surface area contributed by atoms with E-state index in [9.17, 15) is 14.4 Å². The van der Waals surface area contributed by atoms with Crippen LogP contribution in [0.15, 0.2) is 66.7 Å². The summed E-state index contributed by atoms with van der Waals surface area (Å²) in [6.07, 6.45) is 2.90. The Morgan fingerprint density at radius 3 is 2.44 bits per heavy atom. The highest BCUT2D eigenvalue weighted by atomic mass is 16.2. The second-order valence-corrected chi connectivity index (χ2v) is 9.28. The van der Waals surface area contributed by atoms with Gasteiger partial charge in [0, 0.05) is 37.0 Å². The van der Waals surface area contributed by atoms with Gasteiger partial charge in [0.05, 0.1) is 5.69 Å². The lowest BCUT2D eigenvalue weighted by Gasteiger charge is -2.31. The summed E-state index contributed by atoms with van der Waals surface area (Å²) in [5.74, 6) is -0.162. The highest BCUT2D eigenvalue weighted by molar-refractivity contribution is 6.25. The molecule has 1 heterocycles. The molecule has 36 heavy (non-hydrogen) atoms. The Balaban J connectivity index is 1.44. The second-order valence-electron chi connectivity index (χ2n) is 9.28. The zero-order valence-electron chi connectivity index (χ0n) is 21.2. The summed E-state index contributed by atoms with van der Waals surface area (Å²) in [6.45, 7) is 5.50. The lowest BCUT2D eigenvalue weighted by molar-refractivity contribution is -0.140. The lowest BCUT2D eigenvalue weighted by atomic mass is 10.1. The van der Waals surface area contributed by atoms with Crippen molar-refractivity contribution < 1.29 is 14.4 Å². The zero-order chi connectivity index (χ0) is 25.5. The maximum Gasteiger partial charge on any atom is 0.258 e. The van der Waals surface area contributed by atoms with Gasteiger partial charge < -0.3 is 15.1 Å². The number of carbonyl (C=O) groups is 3. The number of amides is 3. The standard InChI is InChI=1S/C30H35N3O3/c1-3-19-31-29(35)25(4-2)32(21-18-22-11-6-5-7-12-22)27(34)17-10-20-33-26-16-9-14-23-13-8-15-24(28(23)26)30(33)36/h5-9,11-16,25H,3-4,10,17-21H2,1-2H3,(H,31,35)/t25-/m1/s1. The summed E-state index contributed by atoms with van der Waals surface area (Å²) in [7, 11) is 0. The van der Waals surface area contributed by atoms with Crippen LogP contribution < -0.4 is 10.2 Å². The summed E-state index contributed by atoms with van der Waals surface area (Å²) in [4.78, 5) is 42.9. The average Bonchev–Trinajstić information content (AvgIpc) is 3.18. The van der Waals surface area contributed by atoms with Crippen molar-refractivity contribution in [2.24, 2.45) is 0 Å². The monoisotopic (exact) mass is 485 g/mol. The van der Waals surface area contributed by atoms with Crippen LogP contribution >= 0.6 is 0 Å². The van der Waals surface area contributed by atoms with Crippen LogP contribution in [0, 0.1) is 0 Å². The number of anilines is 1. The molecule has 0 saturated heterocycles. The first-order valence-electron chi connectivity index (χ1n) is 13.0. The third-order valence-electron chi connectivity index (χ3n) is 6.84. The first kappa shape index (κ1) is 25.4. The van der Waals surface area contributed by atoms with Gasteiger partial charge >= 0.3 is 0 Å². The Bertz CT molecular complexity index is 1220. The molecule has 1 aliphatic rings. The number of rotatable bonds is 12. The van der Waals surface area contributed by atoms with E-state index in [2.05, 4.69) is 5.32 Å². The predicted molar refractivity (Wildman–Crippen MR) is 144 cm³/mol. The van der Waals surface area contributed by atoms with E-state index < -0.39 is 6.04 Å². The van der Waals surface area contributed by atoms with Crippen molar-refractivity contribution in [2.75, 3.05) is 24.5 Å². The van der Waals surface area contributed by atoms with E-state index in [0.29, 0.717) is 38.9 Å². The molecule has 0 aliphatic carbocycles. The van der Waals surface area contributed by atoms with Crippen molar-refractivity contribution in [2.45, 2.75) is 52.0 Å². The highest BCUT2D eigenvalue weighted by Gasteiger charge is 2.31. The van der Waals surface area contributed by atoms with Gasteiger partial charge in [-0.3, -0.25) is 14.4 Å². The summed E-state index contributed by atoms with van der Waals surface area (Å²) in [6, 6.07) is 21.3. The summed E-state index contributed by atoms with van der Waals surface area (Å²) in [5, 5.41) is 4.99. The highest BCUT2D eigenvalue weighted by Crippen LogP contribution is 2.37. The smallest absolute Gasteiger partial charge is 0.258 e. The molecule has 4 rings (SSSR count). The first-order valence-corrected chi connectivity index (χ1v) is 13.0. The maximum absolute atomic E-state index is 13.4. The Kier molecular flexibility index (Phi) is 8.36. The molecule has 3 aromatic rings. The van der Waals surface area contributed by atoms with E-state index in [-0.39, 0.29) is 24.1 Å². The zero-order valence-corrected chi connectivity index (χ0v) is 21.2. The Morgan fingerprint density at radius 2 is 1.72 bits per heavy atom. The van der Waals surface area contributed by atoms with Crippen molar-refractivity contribution in [3.8, 4) is 0 Å². The molecule has 6 nitrogen and oxygen atoms in total. The fraction of sp³-hybridized carbons (Fsp3) is 0.367. The van der Waals surface area contributed by atoms with Gasteiger partial charge in [-0.25, -0.2) is 0 Å². The van der Waals surface area contributed by atoms with E-state index in [1.807, 2.05) is 80.6 Å². The topological polar surface area (TPSA) is 69.7 Å². The van der Waals surface area contributed by atoms with Gasteiger partial charge in [-0.1, -0.05) is 68.4 Å². The van der Waals surface area contributed by atoms with Crippen LogP contribution in [0.25, 0.3) is 10.8 Å². The molecule has 1 atom stereocenters. The normalized spacial score (nSPS) is 13.2. The fourth-order valence-electron chi connectivity index (χ4n) is 5.00. The Hall–Kier alpha value is -3.67. The van der Waals surface area contributed by atoms with E-state index in [1.54, 1.807) is 9.80 Å². The van der Waals surface area contributed by atoms with Crippen LogP contribution in [0.5, 0.6) is 0 Å². The second kappa shape index (κ2) is 11.8. The summed E-state index contributed by atoms with van der Waals surface area (Å²) >= 11 is 0. The van der Waals surface area contributed by atoms with Crippen molar-refractivity contribution in [1.82, 2.24) is 10.2 Å². The molecule has 0 fully saturated rings. The average molecular weight is 486 g/mol. The molecule has 188 valence electrons. The van der Waals surface area contributed by atoms with Crippen LogP contribution in [0.4, 0.5) is 5.69 Å². The third kappa shape index (κ3) is 5.43. The molecule has 0 unspecified atom stereocenters. The van der Waals surface area contributed by atoms with Crippen molar-refractivity contribution in [3.63, 3.8) is 0 Å². The van der Waals surface area contributed by atoms with Crippen molar-refractivity contribution >= 4 is 34.2 Å². The number of hydrogen-bond donors (Lipinski definition) is 1. The van der Waals surface area contributed by atoms with Gasteiger partial charge in [0.1, 0.15) is 6.04 Å². The molecule has 0 radical (unpaired) electrons. The third-order valence-corrected chi connectivity index (χ3v) is 6.84. The molecular formula is C30H35N3O3. The lowest BCUT2D eigenvalue weighted by Crippen LogP contribution is -2.50. The number of nitrogens with one attached hydrogen (secondary N) is 1. The van der Waals surface area contributed by atoms with Crippen LogP contribution in [0.3, 0.4) is 0 Å². The largest absolute Gasteiger partial charge is 0.354 e. The SMILES string of the molecule is CCCNC(=O)[C@@H](CC)N(CCc1ccccc1)C(=O)CCCN1C(=O)c2cccc3cccc1c23. The first-order chi connectivity index (χ1) is 17.5. The van der Waals surface area contributed by atoms with Gasteiger partial charge in [-0.05, 0) is 48.8 Å². The van der Waals surface area contributed by atoms with E-state index in [4.69, 9.17) is 0 Å². The molecule has 1 N–H and O–H groups in total.